The number of esters is 8. The van der Waals surface area contributed by atoms with Gasteiger partial charge in [0, 0.05) is 35.6 Å². The number of benzene rings is 4. The number of carbonyl (C=O) groups is 8. The molecule has 0 saturated carbocycles. The molecule has 0 radical (unpaired) electrons. The van der Waals surface area contributed by atoms with E-state index in [0.29, 0.717) is 11.4 Å². The quantitative estimate of drug-likeness (QED) is 0.0321. The van der Waals surface area contributed by atoms with Crippen molar-refractivity contribution >= 4 is 70.5 Å². The van der Waals surface area contributed by atoms with Crippen LogP contribution in [0.4, 0.5) is 22.7 Å². The topological polar surface area (TPSA) is 349 Å². The van der Waals surface area contributed by atoms with E-state index in [2.05, 4.69) is 9.47 Å². The Hall–Kier alpha value is -8.96. The third kappa shape index (κ3) is 19.9. The largest absolute Gasteiger partial charge is 0.454 e. The molecule has 0 fully saturated rings. The number of nitrogens with two attached hydrogens (primary N) is 2. The molecule has 4 aromatic rings. The van der Waals surface area contributed by atoms with Gasteiger partial charge in [-0.3, -0.25) is 39.4 Å². The zero-order chi connectivity index (χ0) is 47.0. The minimum absolute atomic E-state index is 0.0100. The summed E-state index contributed by atoms with van der Waals surface area (Å²) in [6.07, 6.45) is -1.55. The highest BCUT2D eigenvalue weighted by atomic mass is 16.6. The highest BCUT2D eigenvalue weighted by Gasteiger charge is 2.17. The van der Waals surface area contributed by atoms with Crippen molar-refractivity contribution in [2.75, 3.05) is 37.9 Å². The van der Waals surface area contributed by atoms with Gasteiger partial charge in [0.2, 0.25) is 0 Å². The van der Waals surface area contributed by atoms with Gasteiger partial charge in [0.1, 0.15) is 23.0 Å². The van der Waals surface area contributed by atoms with Crippen LogP contribution in [0.25, 0.3) is 0 Å². The van der Waals surface area contributed by atoms with Crippen LogP contribution in [0.2, 0.25) is 0 Å². The maximum Gasteiger partial charge on any atom is 0.349 e. The van der Waals surface area contributed by atoms with E-state index in [1.807, 2.05) is 0 Å². The first kappa shape index (κ1) is 49.4. The van der Waals surface area contributed by atoms with Gasteiger partial charge in [-0.15, -0.1) is 0 Å². The molecule has 0 unspecified atom stereocenters. The highest BCUT2D eigenvalue weighted by Crippen LogP contribution is 2.19. The molecule has 0 heterocycles. The second-order valence-corrected chi connectivity index (χ2v) is 12.2. The van der Waals surface area contributed by atoms with Gasteiger partial charge in [-0.1, -0.05) is 0 Å². The summed E-state index contributed by atoms with van der Waals surface area (Å²) in [4.78, 5) is 113. The molecule has 0 spiro atoms. The minimum Gasteiger partial charge on any atom is -0.454 e. The van der Waals surface area contributed by atoms with Crippen LogP contribution in [0, 0.1) is 20.2 Å². The van der Waals surface area contributed by atoms with Gasteiger partial charge in [0.25, 0.3) is 11.4 Å². The fraction of sp³-hybridized carbons (Fsp3) is 0.200. The number of nitro benzene ring substituents is 2. The molecule has 336 valence electrons. The van der Waals surface area contributed by atoms with Crippen molar-refractivity contribution in [3.8, 4) is 23.0 Å². The second-order valence-electron chi connectivity index (χ2n) is 12.2. The standard InChI is InChI=1S/C20H16N2O12.C20H20N2O8/c23-17(31-11-19(25)33-15-5-1-13(2-6-15)21(27)28)9-10-18(24)32-12-20(26)34-16-7-3-14(4-8-16)22(29)30;21-13-1-5-15(6-2-13)29-19(25)11-27-17(23)9-10-18(24)28-12-20(26)30-16-7-3-14(22)4-8-16/h1-8H,9-12H2;1-8H,9-12,21-22H2. The average molecular weight is 893 g/mol. The molecule has 0 saturated heterocycles. The normalized spacial score (nSPS) is 10.0. The number of hydrogen-bond acceptors (Lipinski definition) is 22. The van der Waals surface area contributed by atoms with E-state index >= 15 is 0 Å². The Balaban J connectivity index is 0.000000343. The number of nitrogen functional groups attached to an aromatic ring is 2. The zero-order valence-corrected chi connectivity index (χ0v) is 33.1. The Kier molecular flexibility index (Phi) is 19.8. The van der Waals surface area contributed by atoms with Crippen molar-refractivity contribution < 1.29 is 86.1 Å². The molecule has 24 nitrogen and oxygen atoms in total. The summed E-state index contributed by atoms with van der Waals surface area (Å²) in [6.45, 7) is -2.75. The van der Waals surface area contributed by atoms with E-state index in [1.54, 1.807) is 24.3 Å². The minimum atomic E-state index is -0.946. The van der Waals surface area contributed by atoms with Crippen molar-refractivity contribution in [3.05, 3.63) is 117 Å². The van der Waals surface area contributed by atoms with E-state index in [1.165, 1.54) is 48.5 Å². The zero-order valence-electron chi connectivity index (χ0n) is 33.1. The van der Waals surface area contributed by atoms with Crippen LogP contribution in [0.5, 0.6) is 23.0 Å². The Bertz CT molecular complexity index is 2140. The molecule has 64 heavy (non-hydrogen) atoms. The van der Waals surface area contributed by atoms with Gasteiger partial charge in [-0.05, 0) is 72.8 Å². The average Bonchev–Trinajstić information content (AvgIpc) is 3.27. The number of anilines is 2. The molecule has 0 aliphatic carbocycles. The van der Waals surface area contributed by atoms with E-state index in [0.717, 1.165) is 24.3 Å². The lowest BCUT2D eigenvalue weighted by Gasteiger charge is -2.07. The summed E-state index contributed by atoms with van der Waals surface area (Å²) in [5.74, 6) is -6.38. The lowest BCUT2D eigenvalue weighted by Crippen LogP contribution is -2.21. The highest BCUT2D eigenvalue weighted by molar-refractivity contribution is 5.83. The number of hydrogen-bond donors (Lipinski definition) is 2. The Morgan fingerprint density at radius 1 is 0.359 bits per heavy atom. The number of non-ortho nitro benzene ring substituents is 2. The van der Waals surface area contributed by atoms with E-state index in [9.17, 15) is 58.6 Å². The number of carbonyl (C=O) groups excluding carboxylic acids is 8. The molecular formula is C40H36N4O20. The number of rotatable bonds is 20. The Morgan fingerprint density at radius 3 is 0.766 bits per heavy atom. The van der Waals surface area contributed by atoms with E-state index in [-0.39, 0.29) is 47.2 Å². The second kappa shape index (κ2) is 25.6. The molecule has 4 aromatic carbocycles. The van der Waals surface area contributed by atoms with Gasteiger partial charge in [-0.2, -0.15) is 0 Å². The van der Waals surface area contributed by atoms with Gasteiger partial charge < -0.3 is 49.4 Å². The third-order valence-electron chi connectivity index (χ3n) is 7.25. The van der Waals surface area contributed by atoms with Crippen LogP contribution in [-0.2, 0) is 57.3 Å². The molecule has 0 aromatic heterocycles. The van der Waals surface area contributed by atoms with Crippen LogP contribution < -0.4 is 30.4 Å². The number of nitrogens with zero attached hydrogens (tertiary/aromatic N) is 2. The first-order valence-electron chi connectivity index (χ1n) is 18.1. The van der Waals surface area contributed by atoms with Crippen LogP contribution >= 0.6 is 0 Å². The van der Waals surface area contributed by atoms with Gasteiger partial charge in [-0.25, -0.2) is 19.2 Å². The van der Waals surface area contributed by atoms with Crippen molar-refractivity contribution in [1.82, 2.24) is 0 Å². The summed E-state index contributed by atoms with van der Waals surface area (Å²) in [5.41, 5.74) is 11.6. The maximum atomic E-state index is 11.6. The Labute approximate surface area is 360 Å². The van der Waals surface area contributed by atoms with E-state index in [4.69, 9.17) is 39.9 Å². The number of ether oxygens (including phenoxy) is 8. The van der Waals surface area contributed by atoms with Gasteiger partial charge in [0.15, 0.2) is 26.4 Å². The molecule has 0 amide bonds. The summed E-state index contributed by atoms with van der Waals surface area (Å²) in [7, 11) is 0. The van der Waals surface area contributed by atoms with Crippen molar-refractivity contribution in [2.24, 2.45) is 0 Å². The fourth-order valence-electron chi connectivity index (χ4n) is 4.24. The smallest absolute Gasteiger partial charge is 0.349 e. The number of nitro groups is 2. The van der Waals surface area contributed by atoms with Crippen LogP contribution in [0.15, 0.2) is 97.1 Å². The van der Waals surface area contributed by atoms with Gasteiger partial charge in [0.05, 0.1) is 35.5 Å². The molecule has 4 rings (SSSR count). The lowest BCUT2D eigenvalue weighted by molar-refractivity contribution is -0.385. The van der Waals surface area contributed by atoms with Crippen molar-refractivity contribution in [2.45, 2.75) is 25.7 Å². The van der Waals surface area contributed by atoms with Gasteiger partial charge >= 0.3 is 47.8 Å². The molecule has 0 aliphatic heterocycles. The monoisotopic (exact) mass is 892 g/mol. The third-order valence-corrected chi connectivity index (χ3v) is 7.25. The molecule has 0 bridgehead atoms. The maximum absolute atomic E-state index is 11.6. The molecule has 0 aliphatic rings. The van der Waals surface area contributed by atoms with Crippen LogP contribution in [-0.4, -0.2) is 84.0 Å². The molecule has 4 N–H and O–H groups in total. The predicted molar refractivity (Wildman–Crippen MR) is 213 cm³/mol. The fourth-order valence-corrected chi connectivity index (χ4v) is 4.24. The summed E-state index contributed by atoms with van der Waals surface area (Å²) in [6, 6.07) is 21.4. The summed E-state index contributed by atoms with van der Waals surface area (Å²) in [5, 5.41) is 21.1. The predicted octanol–water partition coefficient (Wildman–Crippen LogP) is 3.11. The van der Waals surface area contributed by atoms with Crippen LogP contribution in [0.3, 0.4) is 0 Å². The first-order chi connectivity index (χ1) is 30.4. The van der Waals surface area contributed by atoms with Crippen molar-refractivity contribution in [1.29, 1.82) is 0 Å². The van der Waals surface area contributed by atoms with E-state index < -0.39 is 96.9 Å². The summed E-state index contributed by atoms with van der Waals surface area (Å²) < 4.78 is 38.3. The van der Waals surface area contributed by atoms with Crippen LogP contribution in [0.1, 0.15) is 25.7 Å². The Morgan fingerprint density at radius 2 is 0.562 bits per heavy atom. The molecular weight excluding hydrogens is 856 g/mol. The first-order valence-corrected chi connectivity index (χ1v) is 18.1. The lowest BCUT2D eigenvalue weighted by atomic mass is 10.3. The van der Waals surface area contributed by atoms with Crippen molar-refractivity contribution in [3.63, 3.8) is 0 Å². The molecule has 0 atom stereocenters. The SMILES string of the molecule is Nc1ccc(OC(=O)COC(=O)CCC(=O)OCC(=O)Oc2ccc(N)cc2)cc1.O=C(CCC(=O)OCC(=O)Oc1ccc([N+](=O)[O-])cc1)OCC(=O)Oc1ccc([N+](=O)[O-])cc1. The summed E-state index contributed by atoms with van der Waals surface area (Å²) >= 11 is 0. The molecule has 24 heteroatoms.